The summed E-state index contributed by atoms with van der Waals surface area (Å²) in [5, 5.41) is 21.6. The van der Waals surface area contributed by atoms with Gasteiger partial charge in [0.05, 0.1) is 0 Å². The second kappa shape index (κ2) is 5.41. The van der Waals surface area contributed by atoms with E-state index in [9.17, 15) is 9.59 Å². The first kappa shape index (κ1) is 11.8. The van der Waals surface area contributed by atoms with Crippen LogP contribution in [-0.4, -0.2) is 22.0 Å². The Morgan fingerprint density at radius 2 is 1.21 bits per heavy atom. The number of nitrogens with one attached hydrogen (secondary N) is 2. The highest BCUT2D eigenvalue weighted by Crippen LogP contribution is 1.89. The smallest absolute Gasteiger partial charge is 0.253 e. The minimum atomic E-state index is -0.870. The van der Waals surface area contributed by atoms with E-state index >= 15 is 0 Å². The van der Waals surface area contributed by atoms with E-state index in [1.165, 1.54) is 0 Å². The van der Waals surface area contributed by atoms with Gasteiger partial charge in [-0.1, -0.05) is 13.2 Å². The molecule has 0 fully saturated rings. The molecule has 0 saturated carbocycles. The fraction of sp³-hybridized carbons (Fsp3) is 0. The average Bonchev–Trinajstić information content (AvgIpc) is 2.17. The SMILES string of the molecule is C=CC(=O)N/C(O)=C(\O)NC(=O)C=C. The van der Waals surface area contributed by atoms with Crippen molar-refractivity contribution in [3.05, 3.63) is 37.1 Å². The van der Waals surface area contributed by atoms with Gasteiger partial charge < -0.3 is 10.2 Å². The summed E-state index contributed by atoms with van der Waals surface area (Å²) in [6.45, 7) is 6.24. The Bertz CT molecular complexity index is 276. The Labute approximate surface area is 80.2 Å². The molecule has 0 spiro atoms. The van der Waals surface area contributed by atoms with Gasteiger partial charge in [-0.15, -0.1) is 0 Å². The molecular formula is C8H10N2O4. The fourth-order valence-corrected chi connectivity index (χ4v) is 0.454. The van der Waals surface area contributed by atoms with Gasteiger partial charge >= 0.3 is 0 Å². The number of carbonyl (C=O) groups is 2. The van der Waals surface area contributed by atoms with Crippen LogP contribution in [0.4, 0.5) is 0 Å². The highest BCUT2D eigenvalue weighted by atomic mass is 16.3. The lowest BCUT2D eigenvalue weighted by molar-refractivity contribution is -0.118. The van der Waals surface area contributed by atoms with E-state index < -0.39 is 23.6 Å². The summed E-state index contributed by atoms with van der Waals surface area (Å²) < 4.78 is 0. The molecule has 14 heavy (non-hydrogen) atoms. The van der Waals surface area contributed by atoms with Crippen LogP contribution >= 0.6 is 0 Å². The van der Waals surface area contributed by atoms with Crippen LogP contribution in [0.2, 0.25) is 0 Å². The molecule has 4 N–H and O–H groups in total. The van der Waals surface area contributed by atoms with Crippen molar-refractivity contribution in [2.24, 2.45) is 0 Å². The monoisotopic (exact) mass is 198 g/mol. The van der Waals surface area contributed by atoms with Crippen LogP contribution in [-0.2, 0) is 9.59 Å². The van der Waals surface area contributed by atoms with Gasteiger partial charge in [0.1, 0.15) is 0 Å². The maximum atomic E-state index is 10.6. The first-order valence-electron chi connectivity index (χ1n) is 3.50. The zero-order valence-electron chi connectivity index (χ0n) is 7.28. The first-order valence-corrected chi connectivity index (χ1v) is 3.50. The molecule has 0 aliphatic carbocycles. The largest absolute Gasteiger partial charge is 0.491 e. The number of aliphatic hydroxyl groups is 2. The molecule has 0 aromatic heterocycles. The zero-order chi connectivity index (χ0) is 11.1. The number of aliphatic hydroxyl groups excluding tert-OH is 2. The quantitative estimate of drug-likeness (QED) is 0.372. The number of carbonyl (C=O) groups excluding carboxylic acids is 2. The van der Waals surface area contributed by atoms with Gasteiger partial charge in [-0.05, 0) is 12.2 Å². The molecule has 0 heterocycles. The van der Waals surface area contributed by atoms with Crippen LogP contribution < -0.4 is 10.6 Å². The molecule has 0 aromatic carbocycles. The van der Waals surface area contributed by atoms with E-state index in [-0.39, 0.29) is 0 Å². The zero-order valence-corrected chi connectivity index (χ0v) is 7.28. The van der Waals surface area contributed by atoms with Gasteiger partial charge in [-0.2, -0.15) is 0 Å². The van der Waals surface area contributed by atoms with Gasteiger partial charge in [-0.25, -0.2) is 0 Å². The molecule has 0 aliphatic heterocycles. The average molecular weight is 198 g/mol. The molecular weight excluding hydrogens is 188 g/mol. The predicted molar refractivity (Wildman–Crippen MR) is 49.0 cm³/mol. The van der Waals surface area contributed by atoms with E-state index in [1.807, 2.05) is 10.6 Å². The first-order chi connectivity index (χ1) is 6.51. The third kappa shape index (κ3) is 3.96. The Morgan fingerprint density at radius 1 is 0.929 bits per heavy atom. The molecule has 0 saturated heterocycles. The highest BCUT2D eigenvalue weighted by Gasteiger charge is 2.07. The molecule has 0 aliphatic rings. The summed E-state index contributed by atoms with van der Waals surface area (Å²) in [4.78, 5) is 21.2. The summed E-state index contributed by atoms with van der Waals surface area (Å²) in [5.74, 6) is -3.18. The molecule has 0 unspecified atom stereocenters. The Morgan fingerprint density at radius 3 is 1.43 bits per heavy atom. The summed E-state index contributed by atoms with van der Waals surface area (Å²) in [6, 6.07) is 0. The molecule has 6 nitrogen and oxygen atoms in total. The van der Waals surface area contributed by atoms with E-state index in [0.29, 0.717) is 0 Å². The van der Waals surface area contributed by atoms with Gasteiger partial charge in [0.2, 0.25) is 11.8 Å². The van der Waals surface area contributed by atoms with E-state index in [2.05, 4.69) is 13.2 Å². The Balaban J connectivity index is 4.42. The second-order valence-electron chi connectivity index (χ2n) is 2.08. The predicted octanol–water partition coefficient (Wildman–Crippen LogP) is -0.167. The van der Waals surface area contributed by atoms with Crippen molar-refractivity contribution in [1.29, 1.82) is 0 Å². The molecule has 0 rings (SSSR count). The second-order valence-corrected chi connectivity index (χ2v) is 2.08. The summed E-state index contributed by atoms with van der Waals surface area (Å²) in [5.41, 5.74) is 0. The molecule has 0 bridgehead atoms. The van der Waals surface area contributed by atoms with Gasteiger partial charge in [-0.3, -0.25) is 20.2 Å². The molecule has 6 heteroatoms. The third-order valence-corrected chi connectivity index (χ3v) is 1.08. The minimum absolute atomic E-state index is 0.720. The number of hydrogen-bond acceptors (Lipinski definition) is 4. The van der Waals surface area contributed by atoms with Crippen molar-refractivity contribution >= 4 is 11.8 Å². The molecule has 0 atom stereocenters. The van der Waals surface area contributed by atoms with Crippen LogP contribution in [0.1, 0.15) is 0 Å². The van der Waals surface area contributed by atoms with E-state index in [1.54, 1.807) is 0 Å². The number of amides is 2. The maximum Gasteiger partial charge on any atom is 0.253 e. The maximum absolute atomic E-state index is 10.6. The van der Waals surface area contributed by atoms with Crippen LogP contribution in [0.3, 0.4) is 0 Å². The Kier molecular flexibility index (Phi) is 4.55. The van der Waals surface area contributed by atoms with Gasteiger partial charge in [0.25, 0.3) is 11.8 Å². The Hall–Kier alpha value is -2.24. The van der Waals surface area contributed by atoms with Crippen molar-refractivity contribution in [2.75, 3.05) is 0 Å². The van der Waals surface area contributed by atoms with E-state index in [0.717, 1.165) is 12.2 Å². The van der Waals surface area contributed by atoms with Crippen molar-refractivity contribution < 1.29 is 19.8 Å². The lowest BCUT2D eigenvalue weighted by Gasteiger charge is -2.04. The molecule has 0 aromatic rings. The minimum Gasteiger partial charge on any atom is -0.491 e. The molecule has 2 amide bonds. The van der Waals surface area contributed by atoms with Crippen LogP contribution in [0.15, 0.2) is 37.1 Å². The van der Waals surface area contributed by atoms with Gasteiger partial charge in [0.15, 0.2) is 0 Å². The lowest BCUT2D eigenvalue weighted by atomic mass is 10.5. The van der Waals surface area contributed by atoms with Crippen molar-refractivity contribution in [3.8, 4) is 0 Å². The third-order valence-electron chi connectivity index (χ3n) is 1.08. The number of hydrogen-bond donors (Lipinski definition) is 4. The summed E-state index contributed by atoms with van der Waals surface area (Å²) in [6.07, 6.45) is 1.78. The van der Waals surface area contributed by atoms with Crippen LogP contribution in [0, 0.1) is 0 Å². The topological polar surface area (TPSA) is 98.7 Å². The van der Waals surface area contributed by atoms with Crippen molar-refractivity contribution in [2.45, 2.75) is 0 Å². The standard InChI is InChI=1S/C8H10N2O4/c1-3-5(11)9-7(13)8(14)10-6(12)4-2/h3-4,13-14H,1-2H2,(H,9,11)(H,10,12)/b8-7+. The van der Waals surface area contributed by atoms with Gasteiger partial charge in [0, 0.05) is 0 Å². The lowest BCUT2D eigenvalue weighted by Crippen LogP contribution is -2.28. The molecule has 0 radical (unpaired) electrons. The normalized spacial score (nSPS) is 10.9. The van der Waals surface area contributed by atoms with E-state index in [4.69, 9.17) is 10.2 Å². The summed E-state index contributed by atoms with van der Waals surface area (Å²) in [7, 11) is 0. The van der Waals surface area contributed by atoms with Crippen molar-refractivity contribution in [3.63, 3.8) is 0 Å². The fourth-order valence-electron chi connectivity index (χ4n) is 0.454. The van der Waals surface area contributed by atoms with Crippen LogP contribution in [0.25, 0.3) is 0 Å². The summed E-state index contributed by atoms with van der Waals surface area (Å²) >= 11 is 0. The molecule has 76 valence electrons. The van der Waals surface area contributed by atoms with Crippen LogP contribution in [0.5, 0.6) is 0 Å². The highest BCUT2D eigenvalue weighted by molar-refractivity contribution is 5.89. The van der Waals surface area contributed by atoms with Crippen molar-refractivity contribution in [1.82, 2.24) is 10.6 Å². The number of rotatable bonds is 4.